The highest BCUT2D eigenvalue weighted by atomic mass is 31.2. The van der Waals surface area contributed by atoms with Crippen molar-refractivity contribution in [1.82, 2.24) is 5.32 Å². The lowest BCUT2D eigenvalue weighted by molar-refractivity contribution is -0.663. The van der Waals surface area contributed by atoms with Crippen molar-refractivity contribution in [1.29, 1.82) is 0 Å². The highest BCUT2D eigenvalue weighted by Crippen LogP contribution is 2.61. The van der Waals surface area contributed by atoms with Gasteiger partial charge in [-0.25, -0.2) is 4.79 Å². The van der Waals surface area contributed by atoms with Crippen molar-refractivity contribution in [2.75, 3.05) is 31.2 Å². The smallest absolute Gasteiger partial charge is 0.407 e. The van der Waals surface area contributed by atoms with Gasteiger partial charge in [0.05, 0.1) is 24.6 Å². The number of carbonyl (C=O) groups is 1. The molecule has 3 aliphatic rings. The SMILES string of the molecule is CCCC[P+](CCCC)(CCCC)CCCNC(=O)OC1CCC2(CC1)OOC1(CCC(C(C)(C)C)CC1)OO2. The zero-order valence-electron chi connectivity index (χ0n) is 26.7. The standard InChI is InChI=1S/C32H60NO6P/c1-7-10-23-40(24-11-8-2,25-12-9-3)26-13-22-33-29(34)35-28-16-20-32(21-17-28)38-36-31(37-39-32)18-14-27(15-19-31)30(4,5)6/h27-28H,7-26H2,1-6H3/p+1. The maximum absolute atomic E-state index is 12.6. The summed E-state index contributed by atoms with van der Waals surface area (Å²) in [6.07, 6.45) is 20.2. The summed E-state index contributed by atoms with van der Waals surface area (Å²) in [6.45, 7) is 14.5. The minimum Gasteiger partial charge on any atom is -0.446 e. The monoisotopic (exact) mass is 586 g/mol. The molecule has 0 bridgehead atoms. The molecule has 0 aromatic heterocycles. The summed E-state index contributed by atoms with van der Waals surface area (Å²) >= 11 is 0. The predicted octanol–water partition coefficient (Wildman–Crippen LogP) is 9.00. The molecule has 0 unspecified atom stereocenters. The van der Waals surface area contributed by atoms with Gasteiger partial charge in [0.2, 0.25) is 11.6 Å². The maximum Gasteiger partial charge on any atom is 0.407 e. The van der Waals surface area contributed by atoms with Crippen LogP contribution >= 0.6 is 7.26 Å². The van der Waals surface area contributed by atoms with Crippen LogP contribution in [0, 0.1) is 11.3 Å². The number of amides is 1. The first-order chi connectivity index (χ1) is 19.1. The number of alkyl carbamates (subject to hydrolysis) is 1. The molecular formula is C32H61NO6P+. The van der Waals surface area contributed by atoms with E-state index in [9.17, 15) is 4.79 Å². The van der Waals surface area contributed by atoms with E-state index >= 15 is 0 Å². The fraction of sp³-hybridized carbons (Fsp3) is 0.969. The lowest BCUT2D eigenvalue weighted by Crippen LogP contribution is -2.54. The van der Waals surface area contributed by atoms with Gasteiger partial charge in [0.1, 0.15) is 6.10 Å². The molecule has 1 saturated heterocycles. The quantitative estimate of drug-likeness (QED) is 0.124. The van der Waals surface area contributed by atoms with E-state index in [0.717, 1.165) is 32.1 Å². The summed E-state index contributed by atoms with van der Waals surface area (Å²) < 4.78 is 5.77. The van der Waals surface area contributed by atoms with Crippen LogP contribution < -0.4 is 5.32 Å². The van der Waals surface area contributed by atoms with Crippen LogP contribution in [-0.4, -0.2) is 55.0 Å². The van der Waals surface area contributed by atoms with Crippen LogP contribution in [0.25, 0.3) is 0 Å². The summed E-state index contributed by atoms with van der Waals surface area (Å²) in [7, 11) is -0.927. The van der Waals surface area contributed by atoms with Crippen LogP contribution in [-0.2, 0) is 24.3 Å². The van der Waals surface area contributed by atoms with Crippen molar-refractivity contribution < 1.29 is 29.1 Å². The Morgan fingerprint density at radius 3 is 1.60 bits per heavy atom. The van der Waals surface area contributed by atoms with Crippen LogP contribution in [0.15, 0.2) is 0 Å². The number of unbranched alkanes of at least 4 members (excludes halogenated alkanes) is 3. The number of nitrogens with one attached hydrogen (secondary N) is 1. The van der Waals surface area contributed by atoms with Crippen LogP contribution in [0.3, 0.4) is 0 Å². The molecule has 1 aliphatic heterocycles. The molecule has 40 heavy (non-hydrogen) atoms. The van der Waals surface area contributed by atoms with Gasteiger partial charge in [-0.15, -0.1) is 0 Å². The van der Waals surface area contributed by atoms with Gasteiger partial charge >= 0.3 is 6.09 Å². The van der Waals surface area contributed by atoms with Gasteiger partial charge in [0, 0.05) is 39.5 Å². The van der Waals surface area contributed by atoms with E-state index in [1.54, 1.807) is 0 Å². The van der Waals surface area contributed by atoms with Gasteiger partial charge in [-0.05, 0) is 62.7 Å². The van der Waals surface area contributed by atoms with Crippen LogP contribution in [0.2, 0.25) is 0 Å². The molecule has 7 nitrogen and oxygen atoms in total. The van der Waals surface area contributed by atoms with E-state index in [4.69, 9.17) is 24.3 Å². The lowest BCUT2D eigenvalue weighted by Gasteiger charge is -2.48. The second-order valence-electron chi connectivity index (χ2n) is 14.0. The van der Waals surface area contributed by atoms with E-state index < -0.39 is 18.8 Å². The normalized spacial score (nSPS) is 29.6. The van der Waals surface area contributed by atoms with Crippen molar-refractivity contribution in [2.24, 2.45) is 11.3 Å². The molecule has 1 N–H and O–H groups in total. The molecule has 2 spiro atoms. The first kappa shape index (κ1) is 34.0. The van der Waals surface area contributed by atoms with Crippen LogP contribution in [0.1, 0.15) is 138 Å². The summed E-state index contributed by atoms with van der Waals surface area (Å²) in [5.41, 5.74) is 0.285. The molecule has 2 aliphatic carbocycles. The van der Waals surface area contributed by atoms with Gasteiger partial charge in [0.25, 0.3) is 0 Å². The molecular weight excluding hydrogens is 525 g/mol. The zero-order chi connectivity index (χ0) is 29.1. The van der Waals surface area contributed by atoms with E-state index in [0.29, 0.717) is 38.1 Å². The fourth-order valence-corrected chi connectivity index (χ4v) is 11.8. The highest BCUT2D eigenvalue weighted by molar-refractivity contribution is 7.75. The zero-order valence-corrected chi connectivity index (χ0v) is 27.6. The first-order valence-corrected chi connectivity index (χ1v) is 19.1. The van der Waals surface area contributed by atoms with Crippen molar-refractivity contribution in [2.45, 2.75) is 156 Å². The summed E-state index contributed by atoms with van der Waals surface area (Å²) in [4.78, 5) is 36.1. The Kier molecular flexibility index (Phi) is 13.5. The summed E-state index contributed by atoms with van der Waals surface area (Å²) in [5, 5.41) is 3.04. The van der Waals surface area contributed by atoms with Gasteiger partial charge in [-0.1, -0.05) is 60.8 Å². The molecule has 8 heteroatoms. The minimum absolute atomic E-state index is 0.138. The Morgan fingerprint density at radius 1 is 0.750 bits per heavy atom. The number of ether oxygens (including phenoxy) is 1. The Hall–Kier alpha value is -0.460. The summed E-state index contributed by atoms with van der Waals surface area (Å²) in [5.74, 6) is -1.04. The number of rotatable bonds is 14. The number of carbonyl (C=O) groups excluding carboxylic acids is 1. The Balaban J connectivity index is 1.35. The predicted molar refractivity (Wildman–Crippen MR) is 164 cm³/mol. The molecule has 0 radical (unpaired) electrons. The van der Waals surface area contributed by atoms with E-state index in [1.165, 1.54) is 63.2 Å². The Morgan fingerprint density at radius 2 is 1.18 bits per heavy atom. The topological polar surface area (TPSA) is 75.3 Å². The van der Waals surface area contributed by atoms with Crippen molar-refractivity contribution in [3.8, 4) is 0 Å². The molecule has 0 aromatic carbocycles. The van der Waals surface area contributed by atoms with E-state index in [-0.39, 0.29) is 17.6 Å². The van der Waals surface area contributed by atoms with E-state index in [1.807, 2.05) is 0 Å². The highest BCUT2D eigenvalue weighted by Gasteiger charge is 2.52. The molecule has 234 valence electrons. The molecule has 2 saturated carbocycles. The van der Waals surface area contributed by atoms with Gasteiger partial charge in [0.15, 0.2) is 0 Å². The Bertz CT molecular complexity index is 706. The number of hydrogen-bond donors (Lipinski definition) is 1. The third-order valence-corrected chi connectivity index (χ3v) is 14.7. The average Bonchev–Trinajstić information content (AvgIpc) is 2.94. The molecule has 3 fully saturated rings. The minimum atomic E-state index is -0.927. The molecule has 0 atom stereocenters. The fourth-order valence-electron chi connectivity index (χ4n) is 6.69. The second kappa shape index (κ2) is 15.8. The van der Waals surface area contributed by atoms with Gasteiger partial charge in [-0.3, -0.25) is 0 Å². The molecule has 3 rings (SSSR count). The molecule has 1 heterocycles. The van der Waals surface area contributed by atoms with Crippen LogP contribution in [0.5, 0.6) is 0 Å². The van der Waals surface area contributed by atoms with Crippen molar-refractivity contribution in [3.05, 3.63) is 0 Å². The summed E-state index contributed by atoms with van der Waals surface area (Å²) in [6, 6.07) is 0. The first-order valence-electron chi connectivity index (χ1n) is 16.6. The van der Waals surface area contributed by atoms with E-state index in [2.05, 4.69) is 46.9 Å². The number of hydrogen-bond acceptors (Lipinski definition) is 6. The maximum atomic E-state index is 12.6. The lowest BCUT2D eigenvalue weighted by atomic mass is 9.71. The van der Waals surface area contributed by atoms with Crippen molar-refractivity contribution >= 4 is 13.4 Å². The van der Waals surface area contributed by atoms with Crippen molar-refractivity contribution in [3.63, 3.8) is 0 Å². The average molecular weight is 587 g/mol. The van der Waals surface area contributed by atoms with Crippen LogP contribution in [0.4, 0.5) is 4.79 Å². The third kappa shape index (κ3) is 10.1. The molecule has 1 amide bonds. The largest absolute Gasteiger partial charge is 0.446 e. The molecule has 0 aromatic rings. The Labute approximate surface area is 245 Å². The third-order valence-electron chi connectivity index (χ3n) is 9.67. The van der Waals surface area contributed by atoms with Gasteiger partial charge in [-0.2, -0.15) is 19.6 Å². The van der Waals surface area contributed by atoms with Gasteiger partial charge < -0.3 is 10.1 Å². The second-order valence-corrected chi connectivity index (χ2v) is 18.4.